The SMILES string of the molecule is O=C(NCCOc1cccnc1)C1CCC(=O)N(Cc2cccc(C(F)(F)F)c2)C1. The van der Waals surface area contributed by atoms with Crippen LogP contribution in [0.2, 0.25) is 0 Å². The van der Waals surface area contributed by atoms with Crippen molar-refractivity contribution in [1.82, 2.24) is 15.2 Å². The summed E-state index contributed by atoms with van der Waals surface area (Å²) in [6.07, 6.45) is -0.650. The molecule has 1 saturated heterocycles. The Bertz CT molecular complexity index is 875. The molecule has 0 spiro atoms. The van der Waals surface area contributed by atoms with E-state index in [1.54, 1.807) is 30.6 Å². The molecule has 6 nitrogen and oxygen atoms in total. The lowest BCUT2D eigenvalue weighted by atomic mass is 9.96. The van der Waals surface area contributed by atoms with Gasteiger partial charge >= 0.3 is 6.18 Å². The zero-order valence-electron chi connectivity index (χ0n) is 16.2. The topological polar surface area (TPSA) is 71.5 Å². The van der Waals surface area contributed by atoms with Crippen LogP contribution in [0, 0.1) is 5.92 Å². The summed E-state index contributed by atoms with van der Waals surface area (Å²) < 4.78 is 44.2. The van der Waals surface area contributed by atoms with Gasteiger partial charge in [0.1, 0.15) is 12.4 Å². The predicted octanol–water partition coefficient (Wildman–Crippen LogP) is 3.03. The second-order valence-electron chi connectivity index (χ2n) is 7.04. The number of alkyl halides is 3. The van der Waals surface area contributed by atoms with Gasteiger partial charge in [-0.1, -0.05) is 12.1 Å². The van der Waals surface area contributed by atoms with Crippen molar-refractivity contribution >= 4 is 11.8 Å². The van der Waals surface area contributed by atoms with Crippen LogP contribution in [0.15, 0.2) is 48.8 Å². The molecule has 30 heavy (non-hydrogen) atoms. The third kappa shape index (κ3) is 5.95. The third-order valence-corrected chi connectivity index (χ3v) is 4.80. The van der Waals surface area contributed by atoms with E-state index in [2.05, 4.69) is 10.3 Å². The number of pyridine rings is 1. The van der Waals surface area contributed by atoms with E-state index in [0.29, 0.717) is 24.3 Å². The largest absolute Gasteiger partial charge is 0.490 e. The number of nitrogens with one attached hydrogen (secondary N) is 1. The highest BCUT2D eigenvalue weighted by atomic mass is 19.4. The maximum atomic E-state index is 12.9. The molecule has 0 radical (unpaired) electrons. The molecule has 1 aromatic heterocycles. The Kier molecular flexibility index (Phi) is 6.91. The van der Waals surface area contributed by atoms with Crippen LogP contribution in [0.4, 0.5) is 13.2 Å². The Morgan fingerprint density at radius 3 is 2.83 bits per heavy atom. The number of ether oxygens (including phenoxy) is 1. The summed E-state index contributed by atoms with van der Waals surface area (Å²) in [4.78, 5) is 30.0. The average Bonchev–Trinajstić information content (AvgIpc) is 2.73. The van der Waals surface area contributed by atoms with E-state index < -0.39 is 17.7 Å². The van der Waals surface area contributed by atoms with Gasteiger partial charge in [-0.05, 0) is 36.2 Å². The molecule has 1 fully saturated rings. The number of rotatable bonds is 7. The van der Waals surface area contributed by atoms with E-state index in [1.807, 2.05) is 0 Å². The molecule has 0 saturated carbocycles. The first-order chi connectivity index (χ1) is 14.3. The zero-order chi connectivity index (χ0) is 21.6. The van der Waals surface area contributed by atoms with Gasteiger partial charge < -0.3 is 15.0 Å². The zero-order valence-corrected chi connectivity index (χ0v) is 16.2. The fourth-order valence-corrected chi connectivity index (χ4v) is 3.27. The Morgan fingerprint density at radius 1 is 1.27 bits per heavy atom. The minimum atomic E-state index is -4.44. The van der Waals surface area contributed by atoms with Crippen LogP contribution in [0.3, 0.4) is 0 Å². The lowest BCUT2D eigenvalue weighted by Crippen LogP contribution is -2.46. The molecule has 2 aromatic rings. The van der Waals surface area contributed by atoms with Crippen LogP contribution < -0.4 is 10.1 Å². The Labute approximate surface area is 172 Å². The van der Waals surface area contributed by atoms with Gasteiger partial charge in [-0.3, -0.25) is 14.6 Å². The minimum Gasteiger partial charge on any atom is -0.490 e. The van der Waals surface area contributed by atoms with Gasteiger partial charge in [0.05, 0.1) is 24.2 Å². The molecule has 1 aliphatic rings. The number of carbonyl (C=O) groups is 2. The molecule has 1 atom stereocenters. The van der Waals surface area contributed by atoms with Crippen molar-refractivity contribution in [3.63, 3.8) is 0 Å². The van der Waals surface area contributed by atoms with Crippen molar-refractivity contribution in [3.8, 4) is 5.75 Å². The number of hydrogen-bond acceptors (Lipinski definition) is 4. The molecule has 1 unspecified atom stereocenters. The number of halogens is 3. The first-order valence-corrected chi connectivity index (χ1v) is 9.57. The van der Waals surface area contributed by atoms with E-state index in [1.165, 1.54) is 11.0 Å². The van der Waals surface area contributed by atoms with Gasteiger partial charge in [0.2, 0.25) is 11.8 Å². The molecule has 2 amide bonds. The second-order valence-corrected chi connectivity index (χ2v) is 7.04. The third-order valence-electron chi connectivity index (χ3n) is 4.80. The van der Waals surface area contributed by atoms with Gasteiger partial charge in [-0.15, -0.1) is 0 Å². The summed E-state index contributed by atoms with van der Waals surface area (Å²) in [5.74, 6) is -0.183. The molecular weight excluding hydrogens is 399 g/mol. The fourth-order valence-electron chi connectivity index (χ4n) is 3.27. The van der Waals surface area contributed by atoms with E-state index in [9.17, 15) is 22.8 Å². The molecule has 0 bridgehead atoms. The molecule has 0 aliphatic carbocycles. The summed E-state index contributed by atoms with van der Waals surface area (Å²) in [7, 11) is 0. The van der Waals surface area contributed by atoms with E-state index >= 15 is 0 Å². The number of carbonyl (C=O) groups excluding carboxylic acids is 2. The predicted molar refractivity (Wildman–Crippen MR) is 102 cm³/mol. The normalized spacial score (nSPS) is 17.0. The molecular formula is C21H22F3N3O3. The molecule has 160 valence electrons. The summed E-state index contributed by atoms with van der Waals surface area (Å²) in [5, 5.41) is 2.78. The lowest BCUT2D eigenvalue weighted by Gasteiger charge is -2.32. The number of benzene rings is 1. The quantitative estimate of drug-likeness (QED) is 0.698. The van der Waals surface area contributed by atoms with Crippen LogP contribution in [0.25, 0.3) is 0 Å². The van der Waals surface area contributed by atoms with E-state index in [-0.39, 0.29) is 37.9 Å². The average molecular weight is 421 g/mol. The highest BCUT2D eigenvalue weighted by Gasteiger charge is 2.32. The maximum absolute atomic E-state index is 12.9. The van der Waals surface area contributed by atoms with Gasteiger partial charge in [0, 0.05) is 25.7 Å². The molecule has 9 heteroatoms. The van der Waals surface area contributed by atoms with Crippen molar-refractivity contribution in [2.75, 3.05) is 19.7 Å². The molecule has 2 heterocycles. The van der Waals surface area contributed by atoms with Crippen LogP contribution in [-0.2, 0) is 22.3 Å². The van der Waals surface area contributed by atoms with Crippen molar-refractivity contribution in [3.05, 3.63) is 59.9 Å². The second kappa shape index (κ2) is 9.60. The monoisotopic (exact) mass is 421 g/mol. The maximum Gasteiger partial charge on any atom is 0.416 e. The van der Waals surface area contributed by atoms with Gasteiger partial charge in [0.25, 0.3) is 0 Å². The Hall–Kier alpha value is -3.10. The van der Waals surface area contributed by atoms with Crippen molar-refractivity contribution in [2.24, 2.45) is 5.92 Å². The van der Waals surface area contributed by atoms with Gasteiger partial charge in [-0.2, -0.15) is 13.2 Å². The summed E-state index contributed by atoms with van der Waals surface area (Å²) in [5.41, 5.74) is -0.378. The smallest absolute Gasteiger partial charge is 0.416 e. The Balaban J connectivity index is 1.51. The fraction of sp³-hybridized carbons (Fsp3) is 0.381. The number of hydrogen-bond donors (Lipinski definition) is 1. The van der Waals surface area contributed by atoms with Gasteiger partial charge in [-0.25, -0.2) is 0 Å². The lowest BCUT2D eigenvalue weighted by molar-refractivity contribution is -0.139. The minimum absolute atomic E-state index is 0.0383. The number of amides is 2. The number of likely N-dealkylation sites (tertiary alicyclic amines) is 1. The van der Waals surface area contributed by atoms with Crippen LogP contribution >= 0.6 is 0 Å². The number of aromatic nitrogens is 1. The van der Waals surface area contributed by atoms with Crippen molar-refractivity contribution in [2.45, 2.75) is 25.6 Å². The Morgan fingerprint density at radius 2 is 2.10 bits per heavy atom. The standard InChI is InChI=1S/C21H22F3N3O3/c22-21(23,24)17-4-1-3-15(11-17)13-27-14-16(6-7-19(27)28)20(29)26-9-10-30-18-5-2-8-25-12-18/h1-5,8,11-12,16H,6-7,9-10,13-14H2,(H,26,29). The van der Waals surface area contributed by atoms with Crippen molar-refractivity contribution < 1.29 is 27.5 Å². The van der Waals surface area contributed by atoms with E-state index in [4.69, 9.17) is 4.74 Å². The van der Waals surface area contributed by atoms with Crippen LogP contribution in [-0.4, -0.2) is 41.4 Å². The number of nitrogens with zero attached hydrogens (tertiary/aromatic N) is 2. The summed E-state index contributed by atoms with van der Waals surface area (Å²) >= 11 is 0. The van der Waals surface area contributed by atoms with Crippen LogP contribution in [0.1, 0.15) is 24.0 Å². The first-order valence-electron chi connectivity index (χ1n) is 9.57. The first kappa shape index (κ1) is 21.6. The van der Waals surface area contributed by atoms with Gasteiger partial charge in [0.15, 0.2) is 0 Å². The highest BCUT2D eigenvalue weighted by molar-refractivity contribution is 5.83. The molecule has 1 aromatic carbocycles. The summed E-state index contributed by atoms with van der Waals surface area (Å²) in [6, 6.07) is 8.39. The molecule has 1 N–H and O–H groups in total. The molecule has 3 rings (SSSR count). The summed E-state index contributed by atoms with van der Waals surface area (Å²) in [6.45, 7) is 0.782. The van der Waals surface area contributed by atoms with E-state index in [0.717, 1.165) is 12.1 Å². The van der Waals surface area contributed by atoms with Crippen LogP contribution in [0.5, 0.6) is 5.75 Å². The highest BCUT2D eigenvalue weighted by Crippen LogP contribution is 2.30. The molecule has 1 aliphatic heterocycles. The van der Waals surface area contributed by atoms with Crippen molar-refractivity contribution in [1.29, 1.82) is 0 Å². The number of piperidine rings is 1.